The molecule has 0 bridgehead atoms. The van der Waals surface area contributed by atoms with E-state index in [9.17, 15) is 9.59 Å². The van der Waals surface area contributed by atoms with E-state index in [1.807, 2.05) is 54.6 Å². The summed E-state index contributed by atoms with van der Waals surface area (Å²) in [5.41, 5.74) is 1.76. The van der Waals surface area contributed by atoms with E-state index in [-0.39, 0.29) is 24.3 Å². The highest BCUT2D eigenvalue weighted by molar-refractivity contribution is 5.83. The van der Waals surface area contributed by atoms with Gasteiger partial charge >= 0.3 is 0 Å². The highest BCUT2D eigenvalue weighted by atomic mass is 16.5. The summed E-state index contributed by atoms with van der Waals surface area (Å²) in [5, 5.41) is 6.82. The van der Waals surface area contributed by atoms with Crippen LogP contribution in [0.4, 0.5) is 0 Å². The second-order valence-electron chi connectivity index (χ2n) is 7.42. The van der Waals surface area contributed by atoms with Crippen molar-refractivity contribution in [2.24, 2.45) is 5.92 Å². The highest BCUT2D eigenvalue weighted by Gasteiger charge is 2.30. The van der Waals surface area contributed by atoms with Crippen molar-refractivity contribution in [1.82, 2.24) is 20.4 Å². The molecule has 1 atom stereocenters. The molecule has 0 radical (unpaired) electrons. The van der Waals surface area contributed by atoms with Gasteiger partial charge in [-0.15, -0.1) is 0 Å². The van der Waals surface area contributed by atoms with Crippen LogP contribution in [0.25, 0.3) is 11.4 Å². The molecule has 160 valence electrons. The predicted octanol–water partition coefficient (Wildman–Crippen LogP) is 2.80. The van der Waals surface area contributed by atoms with Crippen molar-refractivity contribution < 1.29 is 18.8 Å². The minimum Gasteiger partial charge on any atom is -0.496 e. The van der Waals surface area contributed by atoms with E-state index in [4.69, 9.17) is 9.26 Å². The van der Waals surface area contributed by atoms with Gasteiger partial charge in [0.1, 0.15) is 5.75 Å². The minimum absolute atomic E-state index is 0.0411. The van der Waals surface area contributed by atoms with Gasteiger partial charge in [-0.05, 0) is 12.5 Å². The molecule has 1 aliphatic rings. The molecule has 0 saturated carbocycles. The molecule has 3 aromatic rings. The molecule has 2 heterocycles. The Morgan fingerprint density at radius 1 is 1.19 bits per heavy atom. The zero-order valence-electron chi connectivity index (χ0n) is 17.3. The number of piperidine rings is 1. The van der Waals surface area contributed by atoms with Crippen molar-refractivity contribution in [2.75, 3.05) is 13.7 Å². The van der Waals surface area contributed by atoms with Gasteiger partial charge in [0.05, 0.1) is 19.6 Å². The van der Waals surface area contributed by atoms with Crippen molar-refractivity contribution in [3.05, 3.63) is 66.1 Å². The molecule has 1 fully saturated rings. The Morgan fingerprint density at radius 3 is 2.77 bits per heavy atom. The summed E-state index contributed by atoms with van der Waals surface area (Å²) in [6.07, 6.45) is 0.859. The van der Waals surface area contributed by atoms with Crippen LogP contribution in [0.3, 0.4) is 0 Å². The Morgan fingerprint density at radius 2 is 1.97 bits per heavy atom. The van der Waals surface area contributed by atoms with Crippen LogP contribution in [0.1, 0.15) is 24.3 Å². The molecule has 31 heavy (non-hydrogen) atoms. The van der Waals surface area contributed by atoms with Gasteiger partial charge in [-0.25, -0.2) is 0 Å². The predicted molar refractivity (Wildman–Crippen MR) is 113 cm³/mol. The average Bonchev–Trinajstić information content (AvgIpc) is 3.29. The number of nitrogens with one attached hydrogen (secondary N) is 1. The second kappa shape index (κ2) is 9.42. The smallest absolute Gasteiger partial charge is 0.246 e. The SMILES string of the molecule is COc1ccccc1CN1CC(C(=O)NCc2nc(-c3ccccc3)no2)CCC1=O. The van der Waals surface area contributed by atoms with E-state index in [1.54, 1.807) is 12.0 Å². The second-order valence-corrected chi connectivity index (χ2v) is 7.42. The summed E-state index contributed by atoms with van der Waals surface area (Å²) in [5.74, 6) is 1.17. The Labute approximate surface area is 180 Å². The van der Waals surface area contributed by atoms with Crippen LogP contribution >= 0.6 is 0 Å². The van der Waals surface area contributed by atoms with Crippen LogP contribution in [0.2, 0.25) is 0 Å². The lowest BCUT2D eigenvalue weighted by molar-refractivity contribution is -0.139. The number of hydrogen-bond donors (Lipinski definition) is 1. The fraction of sp³-hybridized carbons (Fsp3) is 0.304. The van der Waals surface area contributed by atoms with E-state index in [0.717, 1.165) is 16.9 Å². The van der Waals surface area contributed by atoms with Crippen molar-refractivity contribution in [1.29, 1.82) is 0 Å². The molecule has 1 unspecified atom stereocenters. The lowest BCUT2D eigenvalue weighted by Gasteiger charge is -2.32. The molecule has 1 aliphatic heterocycles. The third-order valence-corrected chi connectivity index (χ3v) is 5.34. The van der Waals surface area contributed by atoms with E-state index in [1.165, 1.54) is 0 Å². The van der Waals surface area contributed by atoms with Gasteiger partial charge in [0, 0.05) is 30.6 Å². The molecular formula is C23H24N4O4. The van der Waals surface area contributed by atoms with Crippen LogP contribution in [-0.2, 0) is 22.7 Å². The van der Waals surface area contributed by atoms with Crippen LogP contribution in [0.5, 0.6) is 5.75 Å². The summed E-state index contributed by atoms with van der Waals surface area (Å²) >= 11 is 0. The van der Waals surface area contributed by atoms with Gasteiger partial charge in [0.25, 0.3) is 0 Å². The van der Waals surface area contributed by atoms with Crippen LogP contribution in [-0.4, -0.2) is 40.5 Å². The Kier molecular flexibility index (Phi) is 6.26. The molecule has 1 saturated heterocycles. The van der Waals surface area contributed by atoms with Gasteiger partial charge < -0.3 is 19.5 Å². The zero-order chi connectivity index (χ0) is 21.6. The minimum atomic E-state index is -0.288. The number of hydrogen-bond acceptors (Lipinski definition) is 6. The number of aromatic nitrogens is 2. The number of nitrogens with zero attached hydrogens (tertiary/aromatic N) is 3. The van der Waals surface area contributed by atoms with Crippen LogP contribution in [0.15, 0.2) is 59.1 Å². The monoisotopic (exact) mass is 420 g/mol. The summed E-state index contributed by atoms with van der Waals surface area (Å²) in [7, 11) is 1.61. The maximum absolute atomic E-state index is 12.7. The lowest BCUT2D eigenvalue weighted by atomic mass is 9.96. The molecule has 1 aromatic heterocycles. The molecule has 8 nitrogen and oxygen atoms in total. The molecule has 8 heteroatoms. The van der Waals surface area contributed by atoms with Gasteiger partial charge in [0.15, 0.2) is 0 Å². The molecular weight excluding hydrogens is 396 g/mol. The molecule has 0 spiro atoms. The summed E-state index contributed by atoms with van der Waals surface area (Å²) in [4.78, 5) is 31.2. The van der Waals surface area contributed by atoms with Crippen molar-refractivity contribution in [3.8, 4) is 17.1 Å². The number of carbonyl (C=O) groups excluding carboxylic acids is 2. The Balaban J connectivity index is 1.34. The van der Waals surface area contributed by atoms with E-state index in [0.29, 0.717) is 37.6 Å². The average molecular weight is 420 g/mol. The number of amides is 2. The van der Waals surface area contributed by atoms with Crippen molar-refractivity contribution in [2.45, 2.75) is 25.9 Å². The van der Waals surface area contributed by atoms with Crippen LogP contribution in [0, 0.1) is 5.92 Å². The van der Waals surface area contributed by atoms with E-state index < -0.39 is 0 Å². The Hall–Kier alpha value is -3.68. The van der Waals surface area contributed by atoms with Gasteiger partial charge in [-0.1, -0.05) is 53.7 Å². The summed E-state index contributed by atoms with van der Waals surface area (Å²) < 4.78 is 10.6. The largest absolute Gasteiger partial charge is 0.496 e. The van der Waals surface area contributed by atoms with Gasteiger partial charge in [-0.2, -0.15) is 4.98 Å². The van der Waals surface area contributed by atoms with E-state index >= 15 is 0 Å². The fourth-order valence-electron chi connectivity index (χ4n) is 3.66. The molecule has 1 N–H and O–H groups in total. The molecule has 2 amide bonds. The quantitative estimate of drug-likeness (QED) is 0.631. The Bertz CT molecular complexity index is 1050. The summed E-state index contributed by atoms with van der Waals surface area (Å²) in [6, 6.07) is 17.1. The number of ether oxygens (including phenoxy) is 1. The first kappa shape index (κ1) is 20.6. The third kappa shape index (κ3) is 4.91. The summed E-state index contributed by atoms with van der Waals surface area (Å²) in [6.45, 7) is 0.925. The first-order chi connectivity index (χ1) is 15.1. The molecule has 4 rings (SSSR count). The van der Waals surface area contributed by atoms with Crippen LogP contribution < -0.4 is 10.1 Å². The van der Waals surface area contributed by atoms with Crippen molar-refractivity contribution >= 4 is 11.8 Å². The first-order valence-corrected chi connectivity index (χ1v) is 10.2. The normalized spacial score (nSPS) is 16.2. The number of benzene rings is 2. The topological polar surface area (TPSA) is 97.6 Å². The first-order valence-electron chi connectivity index (χ1n) is 10.2. The molecule has 2 aromatic carbocycles. The number of likely N-dealkylation sites (tertiary alicyclic amines) is 1. The standard InChI is InChI=1S/C23H24N4O4/c1-30-19-10-6-5-9-17(19)14-27-15-18(11-12-21(27)28)23(29)24-13-20-25-22(26-31-20)16-7-3-2-4-8-16/h2-10,18H,11-15H2,1H3,(H,24,29). The number of para-hydroxylation sites is 1. The highest BCUT2D eigenvalue weighted by Crippen LogP contribution is 2.24. The lowest BCUT2D eigenvalue weighted by Crippen LogP contribution is -2.45. The number of carbonyl (C=O) groups is 2. The van der Waals surface area contributed by atoms with E-state index in [2.05, 4.69) is 15.5 Å². The van der Waals surface area contributed by atoms with Gasteiger partial charge in [-0.3, -0.25) is 9.59 Å². The number of methoxy groups -OCH3 is 1. The molecule has 0 aliphatic carbocycles. The third-order valence-electron chi connectivity index (χ3n) is 5.34. The maximum atomic E-state index is 12.7. The number of rotatable bonds is 7. The fourth-order valence-corrected chi connectivity index (χ4v) is 3.66. The van der Waals surface area contributed by atoms with Gasteiger partial charge in [0.2, 0.25) is 23.5 Å². The zero-order valence-corrected chi connectivity index (χ0v) is 17.3. The van der Waals surface area contributed by atoms with Crippen molar-refractivity contribution in [3.63, 3.8) is 0 Å². The maximum Gasteiger partial charge on any atom is 0.246 e.